The lowest BCUT2D eigenvalue weighted by molar-refractivity contribution is 0.0531. The smallest absolute Gasteiger partial charge is 0.348 e. The van der Waals surface area contributed by atoms with Gasteiger partial charge in [0.2, 0.25) is 0 Å². The predicted molar refractivity (Wildman–Crippen MR) is 126 cm³/mol. The molecule has 3 aromatic heterocycles. The summed E-state index contributed by atoms with van der Waals surface area (Å²) in [7, 11) is 1.92. The van der Waals surface area contributed by atoms with Gasteiger partial charge in [-0.15, -0.1) is 21.5 Å². The largest absolute Gasteiger partial charge is 0.462 e. The number of aryl methyl sites for hydroxylation is 2. The van der Waals surface area contributed by atoms with Gasteiger partial charge in [0.15, 0.2) is 11.0 Å². The standard InChI is InChI=1S/C22H23N5O3S2/c1-6-30-21(29)16-12(3)15-19(28)23-17(24-20(15)32-16)13(4)31-22-26-25-18(27(22)5)14-9-7-8-11(2)10-14/h7-10,13H,6H2,1-5H3,(H,23,24,28). The molecule has 0 saturated carbocycles. The monoisotopic (exact) mass is 469 g/mol. The summed E-state index contributed by atoms with van der Waals surface area (Å²) < 4.78 is 7.03. The minimum absolute atomic E-state index is 0.186. The van der Waals surface area contributed by atoms with Crippen molar-refractivity contribution in [2.24, 2.45) is 7.05 Å². The number of thioether (sulfide) groups is 1. The van der Waals surface area contributed by atoms with Gasteiger partial charge in [-0.05, 0) is 39.3 Å². The fraction of sp³-hybridized carbons (Fsp3) is 0.318. The van der Waals surface area contributed by atoms with Crippen molar-refractivity contribution in [1.82, 2.24) is 24.7 Å². The average molecular weight is 470 g/mol. The van der Waals surface area contributed by atoms with Crippen LogP contribution in [-0.4, -0.2) is 37.3 Å². The fourth-order valence-corrected chi connectivity index (χ4v) is 5.37. The number of H-pyrrole nitrogens is 1. The Hall–Kier alpha value is -2.98. The first-order valence-corrected chi connectivity index (χ1v) is 11.8. The zero-order chi connectivity index (χ0) is 23.0. The van der Waals surface area contributed by atoms with E-state index < -0.39 is 5.97 Å². The van der Waals surface area contributed by atoms with Crippen LogP contribution in [0.25, 0.3) is 21.6 Å². The highest BCUT2D eigenvalue weighted by atomic mass is 32.2. The molecular formula is C22H23N5O3S2. The van der Waals surface area contributed by atoms with E-state index in [-0.39, 0.29) is 17.4 Å². The third-order valence-corrected chi connectivity index (χ3v) is 7.37. The summed E-state index contributed by atoms with van der Waals surface area (Å²) in [5, 5.41) is 9.63. The zero-order valence-electron chi connectivity index (χ0n) is 18.4. The van der Waals surface area contributed by atoms with E-state index in [1.807, 2.05) is 43.7 Å². The number of esters is 1. The lowest BCUT2D eigenvalue weighted by Crippen LogP contribution is -2.13. The van der Waals surface area contributed by atoms with Crippen LogP contribution in [0.15, 0.2) is 34.2 Å². The van der Waals surface area contributed by atoms with E-state index in [0.717, 1.165) is 17.0 Å². The molecule has 0 amide bonds. The number of nitrogens with zero attached hydrogens (tertiary/aromatic N) is 4. The fourth-order valence-electron chi connectivity index (χ4n) is 3.41. The van der Waals surface area contributed by atoms with Gasteiger partial charge in [0.1, 0.15) is 15.5 Å². The number of aromatic amines is 1. The summed E-state index contributed by atoms with van der Waals surface area (Å²) in [4.78, 5) is 33.4. The third-order valence-electron chi connectivity index (χ3n) is 5.06. The van der Waals surface area contributed by atoms with Crippen molar-refractivity contribution in [2.75, 3.05) is 6.61 Å². The number of aromatic nitrogens is 5. The van der Waals surface area contributed by atoms with E-state index in [9.17, 15) is 9.59 Å². The molecule has 0 aliphatic heterocycles. The molecule has 0 aliphatic rings. The first kappa shape index (κ1) is 22.2. The number of thiophene rings is 1. The lowest BCUT2D eigenvalue weighted by atomic mass is 10.1. The topological polar surface area (TPSA) is 103 Å². The van der Waals surface area contributed by atoms with E-state index in [1.165, 1.54) is 23.1 Å². The van der Waals surface area contributed by atoms with Crippen LogP contribution in [-0.2, 0) is 11.8 Å². The van der Waals surface area contributed by atoms with Crippen LogP contribution in [0.3, 0.4) is 0 Å². The van der Waals surface area contributed by atoms with Crippen molar-refractivity contribution in [3.8, 4) is 11.4 Å². The Labute approximate surface area is 193 Å². The number of hydrogen-bond acceptors (Lipinski definition) is 8. The van der Waals surface area contributed by atoms with Crippen LogP contribution in [0.5, 0.6) is 0 Å². The van der Waals surface area contributed by atoms with E-state index in [2.05, 4.69) is 26.2 Å². The molecule has 3 heterocycles. The van der Waals surface area contributed by atoms with Crippen LogP contribution in [0, 0.1) is 13.8 Å². The van der Waals surface area contributed by atoms with Crippen LogP contribution in [0.4, 0.5) is 0 Å². The van der Waals surface area contributed by atoms with Gasteiger partial charge in [0.05, 0.1) is 17.2 Å². The molecule has 0 saturated heterocycles. The van der Waals surface area contributed by atoms with Gasteiger partial charge in [0.25, 0.3) is 5.56 Å². The quantitative estimate of drug-likeness (QED) is 0.329. The molecule has 0 spiro atoms. The van der Waals surface area contributed by atoms with Crippen molar-refractivity contribution in [1.29, 1.82) is 0 Å². The summed E-state index contributed by atoms with van der Waals surface area (Å²) in [6.45, 7) is 7.75. The molecule has 4 rings (SSSR count). The molecule has 4 aromatic rings. The molecule has 0 radical (unpaired) electrons. The molecule has 166 valence electrons. The molecule has 1 aromatic carbocycles. The second-order valence-electron chi connectivity index (χ2n) is 7.40. The van der Waals surface area contributed by atoms with E-state index >= 15 is 0 Å². The summed E-state index contributed by atoms with van der Waals surface area (Å²) in [6, 6.07) is 8.10. The highest BCUT2D eigenvalue weighted by Gasteiger charge is 2.22. The number of ether oxygens (including phenoxy) is 1. The highest BCUT2D eigenvalue weighted by molar-refractivity contribution is 7.99. The molecule has 10 heteroatoms. The minimum atomic E-state index is -0.431. The minimum Gasteiger partial charge on any atom is -0.462 e. The zero-order valence-corrected chi connectivity index (χ0v) is 20.1. The summed E-state index contributed by atoms with van der Waals surface area (Å²) in [5.41, 5.74) is 2.48. The first-order chi connectivity index (χ1) is 15.3. The van der Waals surface area contributed by atoms with Crippen LogP contribution in [0.1, 0.15) is 45.7 Å². The number of fused-ring (bicyclic) bond motifs is 1. The summed E-state index contributed by atoms with van der Waals surface area (Å²) >= 11 is 2.64. The highest BCUT2D eigenvalue weighted by Crippen LogP contribution is 2.35. The van der Waals surface area contributed by atoms with Gasteiger partial charge >= 0.3 is 5.97 Å². The summed E-state index contributed by atoms with van der Waals surface area (Å²) in [5.74, 6) is 0.858. The Morgan fingerprint density at radius 3 is 2.81 bits per heavy atom. The second kappa shape index (κ2) is 8.87. The van der Waals surface area contributed by atoms with Crippen molar-refractivity contribution in [3.05, 3.63) is 56.4 Å². The molecule has 1 unspecified atom stereocenters. The van der Waals surface area contributed by atoms with Crippen molar-refractivity contribution >= 4 is 39.3 Å². The SMILES string of the molecule is CCOC(=O)c1sc2nc(C(C)Sc3nnc(-c4cccc(C)c4)n3C)[nH]c(=O)c2c1C. The number of nitrogens with one attached hydrogen (secondary N) is 1. The molecule has 1 atom stereocenters. The Bertz CT molecular complexity index is 1370. The summed E-state index contributed by atoms with van der Waals surface area (Å²) in [6.07, 6.45) is 0. The van der Waals surface area contributed by atoms with Gasteiger partial charge < -0.3 is 14.3 Å². The maximum absolute atomic E-state index is 12.8. The van der Waals surface area contributed by atoms with Crippen LogP contribution < -0.4 is 5.56 Å². The molecule has 1 N–H and O–H groups in total. The molecular weight excluding hydrogens is 446 g/mol. The van der Waals surface area contributed by atoms with Crippen molar-refractivity contribution in [3.63, 3.8) is 0 Å². The van der Waals surface area contributed by atoms with E-state index in [4.69, 9.17) is 4.74 Å². The third kappa shape index (κ3) is 4.07. The Kier molecular flexibility index (Phi) is 6.16. The molecule has 0 aliphatic carbocycles. The number of rotatable bonds is 6. The van der Waals surface area contributed by atoms with Gasteiger partial charge in [-0.2, -0.15) is 0 Å². The molecule has 0 bridgehead atoms. The average Bonchev–Trinajstić information content (AvgIpc) is 3.28. The number of carbonyl (C=O) groups excluding carboxylic acids is 1. The van der Waals surface area contributed by atoms with Gasteiger partial charge in [-0.3, -0.25) is 4.79 Å². The van der Waals surface area contributed by atoms with Crippen molar-refractivity contribution < 1.29 is 9.53 Å². The number of carbonyl (C=O) groups is 1. The normalized spacial score (nSPS) is 12.3. The first-order valence-electron chi connectivity index (χ1n) is 10.1. The lowest BCUT2D eigenvalue weighted by Gasteiger charge is -2.10. The number of benzene rings is 1. The van der Waals surface area contributed by atoms with Crippen LogP contribution >= 0.6 is 23.1 Å². The molecule has 0 fully saturated rings. The van der Waals surface area contributed by atoms with E-state index in [1.54, 1.807) is 13.8 Å². The Morgan fingerprint density at radius 2 is 2.09 bits per heavy atom. The van der Waals surface area contributed by atoms with Crippen LogP contribution in [0.2, 0.25) is 0 Å². The Morgan fingerprint density at radius 1 is 1.31 bits per heavy atom. The van der Waals surface area contributed by atoms with E-state index in [0.29, 0.717) is 31.6 Å². The van der Waals surface area contributed by atoms with Gasteiger partial charge in [-0.25, -0.2) is 9.78 Å². The van der Waals surface area contributed by atoms with Crippen molar-refractivity contribution in [2.45, 2.75) is 38.1 Å². The molecule has 32 heavy (non-hydrogen) atoms. The molecule has 8 nitrogen and oxygen atoms in total. The second-order valence-corrected chi connectivity index (χ2v) is 9.71. The maximum atomic E-state index is 12.8. The van der Waals surface area contributed by atoms with Gasteiger partial charge in [0, 0.05) is 12.6 Å². The maximum Gasteiger partial charge on any atom is 0.348 e. The predicted octanol–water partition coefficient (Wildman–Crippen LogP) is 4.43. The Balaban J connectivity index is 1.64. The number of hydrogen-bond donors (Lipinski definition) is 1. The van der Waals surface area contributed by atoms with Gasteiger partial charge in [-0.1, -0.05) is 35.5 Å².